The molecular weight excluding hydrogens is 388 g/mol. The molecule has 7 heteroatoms. The molecule has 0 bridgehead atoms. The number of rotatable bonds is 10. The molecule has 2 aromatic carbocycles. The van der Waals surface area contributed by atoms with Gasteiger partial charge in [0.15, 0.2) is 11.7 Å². The average Bonchev–Trinajstić information content (AvgIpc) is 3.19. The molecule has 158 valence electrons. The van der Waals surface area contributed by atoms with Gasteiger partial charge in [-0.1, -0.05) is 30.3 Å². The molecule has 0 aliphatic rings. The molecule has 0 aliphatic heterocycles. The van der Waals surface area contributed by atoms with Crippen molar-refractivity contribution in [1.29, 1.82) is 0 Å². The summed E-state index contributed by atoms with van der Waals surface area (Å²) in [6.07, 6.45) is 2.77. The molecule has 0 unspecified atom stereocenters. The van der Waals surface area contributed by atoms with Gasteiger partial charge in [-0.2, -0.15) is 0 Å². The zero-order valence-corrected chi connectivity index (χ0v) is 16.9. The minimum absolute atomic E-state index is 0.0894. The van der Waals surface area contributed by atoms with Crippen molar-refractivity contribution in [2.75, 3.05) is 20.1 Å². The molecule has 3 aromatic rings. The SMILES string of the molecule is CN(CCCNC(=O)CCc1ncc(-c2ccc(F)cc2F)o1)Cc1ccccc1. The maximum atomic E-state index is 13.8. The van der Waals surface area contributed by atoms with Crippen molar-refractivity contribution >= 4 is 5.91 Å². The Morgan fingerprint density at radius 1 is 1.17 bits per heavy atom. The molecule has 0 radical (unpaired) electrons. The number of hydrogen-bond donors (Lipinski definition) is 1. The second-order valence-corrected chi connectivity index (χ2v) is 7.17. The van der Waals surface area contributed by atoms with Crippen LogP contribution in [0.25, 0.3) is 11.3 Å². The molecule has 5 nitrogen and oxygen atoms in total. The smallest absolute Gasteiger partial charge is 0.220 e. The standard InChI is InChI=1S/C23H25F2N3O2/c1-28(16-17-6-3-2-4-7-17)13-5-12-26-22(29)10-11-23-27-15-21(30-23)19-9-8-18(24)14-20(19)25/h2-4,6-9,14-15H,5,10-13,16H2,1H3,(H,26,29). The van der Waals surface area contributed by atoms with E-state index in [0.29, 0.717) is 18.9 Å². The summed E-state index contributed by atoms with van der Waals surface area (Å²) in [4.78, 5) is 18.3. The lowest BCUT2D eigenvalue weighted by atomic mass is 10.2. The maximum absolute atomic E-state index is 13.8. The van der Waals surface area contributed by atoms with E-state index in [0.717, 1.165) is 31.6 Å². The van der Waals surface area contributed by atoms with E-state index in [-0.39, 0.29) is 23.7 Å². The third-order valence-electron chi connectivity index (χ3n) is 4.65. The van der Waals surface area contributed by atoms with Gasteiger partial charge < -0.3 is 14.6 Å². The van der Waals surface area contributed by atoms with Crippen LogP contribution in [0.1, 0.15) is 24.3 Å². The highest BCUT2D eigenvalue weighted by molar-refractivity contribution is 5.76. The van der Waals surface area contributed by atoms with Gasteiger partial charge >= 0.3 is 0 Å². The number of aromatic nitrogens is 1. The second-order valence-electron chi connectivity index (χ2n) is 7.17. The molecule has 0 fully saturated rings. The Morgan fingerprint density at radius 2 is 1.97 bits per heavy atom. The third-order valence-corrected chi connectivity index (χ3v) is 4.65. The number of hydrogen-bond acceptors (Lipinski definition) is 4. The van der Waals surface area contributed by atoms with Crippen molar-refractivity contribution < 1.29 is 18.0 Å². The number of nitrogens with zero attached hydrogens (tertiary/aromatic N) is 2. The van der Waals surface area contributed by atoms with Crippen molar-refractivity contribution in [3.05, 3.63) is 77.8 Å². The van der Waals surface area contributed by atoms with Gasteiger partial charge in [-0.15, -0.1) is 0 Å². The van der Waals surface area contributed by atoms with E-state index in [9.17, 15) is 13.6 Å². The Kier molecular flexibility index (Phi) is 7.68. The summed E-state index contributed by atoms with van der Waals surface area (Å²) in [7, 11) is 2.05. The van der Waals surface area contributed by atoms with Crippen molar-refractivity contribution in [3.63, 3.8) is 0 Å². The van der Waals surface area contributed by atoms with Crippen LogP contribution >= 0.6 is 0 Å². The highest BCUT2D eigenvalue weighted by atomic mass is 19.1. The van der Waals surface area contributed by atoms with Crippen molar-refractivity contribution in [2.24, 2.45) is 0 Å². The van der Waals surface area contributed by atoms with Crippen LogP contribution in [0, 0.1) is 11.6 Å². The highest BCUT2D eigenvalue weighted by Gasteiger charge is 2.13. The van der Waals surface area contributed by atoms with Crippen LogP contribution in [0.2, 0.25) is 0 Å². The quantitative estimate of drug-likeness (QED) is 0.507. The number of benzene rings is 2. The van der Waals surface area contributed by atoms with Gasteiger partial charge in [-0.3, -0.25) is 4.79 Å². The first-order valence-corrected chi connectivity index (χ1v) is 9.90. The van der Waals surface area contributed by atoms with Gasteiger partial charge in [0.05, 0.1) is 11.8 Å². The predicted molar refractivity (Wildman–Crippen MR) is 111 cm³/mol. The Balaban J connectivity index is 1.35. The van der Waals surface area contributed by atoms with Gasteiger partial charge in [-0.05, 0) is 37.7 Å². The first-order chi connectivity index (χ1) is 14.5. The summed E-state index contributed by atoms with van der Waals surface area (Å²) in [6.45, 7) is 2.34. The number of nitrogens with one attached hydrogen (secondary N) is 1. The summed E-state index contributed by atoms with van der Waals surface area (Å²) in [6, 6.07) is 13.5. The van der Waals surface area contributed by atoms with Gasteiger partial charge in [0.1, 0.15) is 11.6 Å². The van der Waals surface area contributed by atoms with E-state index in [1.165, 1.54) is 17.8 Å². The van der Waals surface area contributed by atoms with E-state index in [1.807, 2.05) is 18.2 Å². The third kappa shape index (κ3) is 6.49. The summed E-state index contributed by atoms with van der Waals surface area (Å²) in [5.74, 6) is -0.907. The van der Waals surface area contributed by atoms with E-state index >= 15 is 0 Å². The Bertz CT molecular complexity index is 960. The summed E-state index contributed by atoms with van der Waals surface area (Å²) in [5.41, 5.74) is 1.40. The number of carbonyl (C=O) groups is 1. The van der Waals surface area contributed by atoms with Gasteiger partial charge in [0.2, 0.25) is 5.91 Å². The Hall–Kier alpha value is -3.06. The summed E-state index contributed by atoms with van der Waals surface area (Å²) in [5, 5.41) is 2.89. The van der Waals surface area contributed by atoms with Gasteiger partial charge in [0, 0.05) is 32.0 Å². The topological polar surface area (TPSA) is 58.4 Å². The van der Waals surface area contributed by atoms with Crippen LogP contribution in [0.3, 0.4) is 0 Å². The van der Waals surface area contributed by atoms with E-state index in [4.69, 9.17) is 4.42 Å². The molecule has 0 aliphatic carbocycles. The van der Waals surface area contributed by atoms with E-state index in [2.05, 4.69) is 34.4 Å². The van der Waals surface area contributed by atoms with Crippen LogP contribution in [-0.4, -0.2) is 35.9 Å². The molecule has 0 atom stereocenters. The molecule has 0 saturated carbocycles. The number of oxazole rings is 1. The monoisotopic (exact) mass is 413 g/mol. The van der Waals surface area contributed by atoms with Crippen molar-refractivity contribution in [2.45, 2.75) is 25.8 Å². The fourth-order valence-corrected chi connectivity index (χ4v) is 3.10. The second kappa shape index (κ2) is 10.6. The average molecular weight is 413 g/mol. The van der Waals surface area contributed by atoms with Crippen LogP contribution in [0.5, 0.6) is 0 Å². The molecule has 0 saturated heterocycles. The molecule has 1 heterocycles. The lowest BCUT2D eigenvalue weighted by Crippen LogP contribution is -2.28. The Morgan fingerprint density at radius 3 is 2.73 bits per heavy atom. The molecule has 30 heavy (non-hydrogen) atoms. The van der Waals surface area contributed by atoms with Crippen molar-refractivity contribution in [1.82, 2.24) is 15.2 Å². The van der Waals surface area contributed by atoms with Crippen LogP contribution < -0.4 is 5.32 Å². The van der Waals surface area contributed by atoms with Gasteiger partial charge in [-0.25, -0.2) is 13.8 Å². The molecular formula is C23H25F2N3O2. The highest BCUT2D eigenvalue weighted by Crippen LogP contribution is 2.24. The lowest BCUT2D eigenvalue weighted by Gasteiger charge is -2.16. The molecule has 0 spiro atoms. The van der Waals surface area contributed by atoms with Gasteiger partial charge in [0.25, 0.3) is 0 Å². The minimum Gasteiger partial charge on any atom is -0.441 e. The fourth-order valence-electron chi connectivity index (χ4n) is 3.10. The first-order valence-electron chi connectivity index (χ1n) is 9.90. The van der Waals surface area contributed by atoms with Crippen LogP contribution in [-0.2, 0) is 17.8 Å². The Labute approximate surface area is 174 Å². The predicted octanol–water partition coefficient (Wildman–Crippen LogP) is 4.19. The maximum Gasteiger partial charge on any atom is 0.220 e. The molecule has 1 N–H and O–H groups in total. The first kappa shape index (κ1) is 21.6. The largest absolute Gasteiger partial charge is 0.441 e. The summed E-state index contributed by atoms with van der Waals surface area (Å²) >= 11 is 0. The number of aryl methyl sites for hydroxylation is 1. The van der Waals surface area contributed by atoms with Crippen LogP contribution in [0.15, 0.2) is 59.1 Å². The summed E-state index contributed by atoms with van der Waals surface area (Å²) < 4.78 is 32.3. The molecule has 3 rings (SSSR count). The molecule has 1 aromatic heterocycles. The lowest BCUT2D eigenvalue weighted by molar-refractivity contribution is -0.121. The van der Waals surface area contributed by atoms with Crippen LogP contribution in [0.4, 0.5) is 8.78 Å². The zero-order chi connectivity index (χ0) is 21.3. The zero-order valence-electron chi connectivity index (χ0n) is 16.9. The number of carbonyl (C=O) groups excluding carboxylic acids is 1. The van der Waals surface area contributed by atoms with E-state index < -0.39 is 11.6 Å². The fraction of sp³-hybridized carbons (Fsp3) is 0.304. The van der Waals surface area contributed by atoms with Crippen molar-refractivity contribution in [3.8, 4) is 11.3 Å². The molecule has 1 amide bonds. The van der Waals surface area contributed by atoms with E-state index in [1.54, 1.807) is 0 Å². The normalized spacial score (nSPS) is 11.1. The number of halogens is 2. The number of amides is 1. The minimum atomic E-state index is -0.715.